The highest BCUT2D eigenvalue weighted by molar-refractivity contribution is 4.72. The summed E-state index contributed by atoms with van der Waals surface area (Å²) in [4.78, 5) is 2.44. The van der Waals surface area contributed by atoms with Gasteiger partial charge in [-0.05, 0) is 65.7 Å². The summed E-state index contributed by atoms with van der Waals surface area (Å²) in [7, 11) is 2.22. The molecule has 1 heterocycles. The van der Waals surface area contributed by atoms with Crippen molar-refractivity contribution in [2.45, 2.75) is 39.2 Å². The number of nitrogens with zero attached hydrogens (tertiary/aromatic N) is 1. The lowest BCUT2D eigenvalue weighted by Gasteiger charge is -2.29. The lowest BCUT2D eigenvalue weighted by molar-refractivity contribution is 0.0767. The highest BCUT2D eigenvalue weighted by Gasteiger charge is 2.16. The van der Waals surface area contributed by atoms with E-state index in [9.17, 15) is 0 Å². The largest absolute Gasteiger partial charge is 0.379 e. The summed E-state index contributed by atoms with van der Waals surface area (Å²) in [5.41, 5.74) is 0. The Labute approximate surface area is 101 Å². The Kier molecular flexibility index (Phi) is 7.01. The molecule has 1 aliphatic rings. The van der Waals surface area contributed by atoms with Gasteiger partial charge in [0.05, 0.1) is 6.10 Å². The van der Waals surface area contributed by atoms with Crippen LogP contribution in [0.3, 0.4) is 0 Å². The fourth-order valence-corrected chi connectivity index (χ4v) is 2.26. The van der Waals surface area contributed by atoms with Crippen LogP contribution in [0.15, 0.2) is 0 Å². The van der Waals surface area contributed by atoms with Crippen LogP contribution in [0.1, 0.15) is 33.1 Å². The van der Waals surface area contributed by atoms with Crippen LogP contribution in [0.25, 0.3) is 0 Å². The molecule has 1 saturated heterocycles. The predicted molar refractivity (Wildman–Crippen MR) is 68.8 cm³/mol. The van der Waals surface area contributed by atoms with Gasteiger partial charge in [-0.15, -0.1) is 0 Å². The summed E-state index contributed by atoms with van der Waals surface area (Å²) in [5.74, 6) is 0.852. The molecule has 0 aromatic carbocycles. The van der Waals surface area contributed by atoms with Crippen molar-refractivity contribution in [3.8, 4) is 0 Å². The van der Waals surface area contributed by atoms with Crippen LogP contribution < -0.4 is 5.32 Å². The summed E-state index contributed by atoms with van der Waals surface area (Å²) >= 11 is 0. The minimum absolute atomic E-state index is 0.368. The van der Waals surface area contributed by atoms with E-state index in [0.29, 0.717) is 6.10 Å². The number of hydrogen-bond donors (Lipinski definition) is 1. The molecule has 96 valence electrons. The molecule has 1 N–H and O–H groups in total. The van der Waals surface area contributed by atoms with Crippen molar-refractivity contribution in [3.63, 3.8) is 0 Å². The fourth-order valence-electron chi connectivity index (χ4n) is 2.26. The van der Waals surface area contributed by atoms with Gasteiger partial charge in [-0.1, -0.05) is 0 Å². The van der Waals surface area contributed by atoms with Crippen LogP contribution in [0.4, 0.5) is 0 Å². The fraction of sp³-hybridized carbons (Fsp3) is 1.00. The molecule has 16 heavy (non-hydrogen) atoms. The molecule has 0 amide bonds. The van der Waals surface area contributed by atoms with Crippen molar-refractivity contribution in [1.29, 1.82) is 0 Å². The first-order valence-corrected chi connectivity index (χ1v) is 6.69. The van der Waals surface area contributed by atoms with Gasteiger partial charge in [0.2, 0.25) is 0 Å². The number of hydrogen-bond acceptors (Lipinski definition) is 3. The Bertz CT molecular complexity index is 173. The maximum atomic E-state index is 5.50. The zero-order valence-electron chi connectivity index (χ0n) is 11.2. The van der Waals surface area contributed by atoms with Gasteiger partial charge >= 0.3 is 0 Å². The van der Waals surface area contributed by atoms with Crippen LogP contribution in [0.2, 0.25) is 0 Å². The SMILES string of the molecule is CC(C)OCCCNCC1CCCN(C)C1. The minimum atomic E-state index is 0.368. The third kappa shape index (κ3) is 6.46. The number of likely N-dealkylation sites (tertiary alicyclic amines) is 1. The van der Waals surface area contributed by atoms with E-state index in [1.165, 1.54) is 32.5 Å². The van der Waals surface area contributed by atoms with E-state index in [1.54, 1.807) is 0 Å². The number of ether oxygens (including phenoxy) is 1. The first-order valence-electron chi connectivity index (χ1n) is 6.69. The van der Waals surface area contributed by atoms with Crippen molar-refractivity contribution < 1.29 is 4.74 Å². The number of piperidine rings is 1. The molecule has 1 rings (SSSR count). The topological polar surface area (TPSA) is 24.5 Å². The van der Waals surface area contributed by atoms with Crippen molar-refractivity contribution >= 4 is 0 Å². The van der Waals surface area contributed by atoms with E-state index in [4.69, 9.17) is 4.74 Å². The molecule has 1 aliphatic heterocycles. The Hall–Kier alpha value is -0.120. The first-order chi connectivity index (χ1) is 7.68. The van der Waals surface area contributed by atoms with Crippen LogP contribution in [0.5, 0.6) is 0 Å². The quantitative estimate of drug-likeness (QED) is 0.672. The van der Waals surface area contributed by atoms with Crippen molar-refractivity contribution in [3.05, 3.63) is 0 Å². The molecule has 3 heteroatoms. The molecule has 0 saturated carbocycles. The zero-order chi connectivity index (χ0) is 11.8. The number of rotatable bonds is 7. The molecule has 1 fully saturated rings. The van der Waals surface area contributed by atoms with Gasteiger partial charge in [0.25, 0.3) is 0 Å². The van der Waals surface area contributed by atoms with Gasteiger partial charge in [-0.25, -0.2) is 0 Å². The average Bonchev–Trinajstić information content (AvgIpc) is 2.23. The van der Waals surface area contributed by atoms with Crippen LogP contribution in [0, 0.1) is 5.92 Å². The van der Waals surface area contributed by atoms with E-state index in [0.717, 1.165) is 25.5 Å². The lowest BCUT2D eigenvalue weighted by Crippen LogP contribution is -2.37. The first kappa shape index (κ1) is 13.9. The van der Waals surface area contributed by atoms with Gasteiger partial charge in [0, 0.05) is 13.2 Å². The van der Waals surface area contributed by atoms with Gasteiger partial charge in [-0.2, -0.15) is 0 Å². The third-order valence-corrected chi connectivity index (χ3v) is 3.10. The summed E-state index contributed by atoms with van der Waals surface area (Å²) in [6.07, 6.45) is 4.24. The van der Waals surface area contributed by atoms with Crippen molar-refractivity contribution in [2.24, 2.45) is 5.92 Å². The smallest absolute Gasteiger partial charge is 0.0518 e. The molecule has 0 bridgehead atoms. The maximum absolute atomic E-state index is 5.50. The third-order valence-electron chi connectivity index (χ3n) is 3.10. The zero-order valence-corrected chi connectivity index (χ0v) is 11.2. The second kappa shape index (κ2) is 8.04. The Morgan fingerprint density at radius 2 is 2.25 bits per heavy atom. The van der Waals surface area contributed by atoms with Crippen LogP contribution >= 0.6 is 0 Å². The highest BCUT2D eigenvalue weighted by Crippen LogP contribution is 2.13. The molecule has 3 nitrogen and oxygen atoms in total. The van der Waals surface area contributed by atoms with E-state index in [-0.39, 0.29) is 0 Å². The molecule has 1 unspecified atom stereocenters. The summed E-state index contributed by atoms with van der Waals surface area (Å²) in [6.45, 7) is 9.86. The van der Waals surface area contributed by atoms with Gasteiger partial charge < -0.3 is 15.0 Å². The standard InChI is InChI=1S/C13H28N2O/c1-12(2)16-9-5-7-14-10-13-6-4-8-15(3)11-13/h12-14H,4-11H2,1-3H3. The van der Waals surface area contributed by atoms with E-state index < -0.39 is 0 Å². The predicted octanol–water partition coefficient (Wildman–Crippen LogP) is 1.73. The van der Waals surface area contributed by atoms with Gasteiger partial charge in [-0.3, -0.25) is 0 Å². The minimum Gasteiger partial charge on any atom is -0.379 e. The molecule has 0 aliphatic carbocycles. The van der Waals surface area contributed by atoms with Crippen molar-refractivity contribution in [1.82, 2.24) is 10.2 Å². The maximum Gasteiger partial charge on any atom is 0.0518 e. The average molecular weight is 228 g/mol. The van der Waals surface area contributed by atoms with Gasteiger partial charge in [0.1, 0.15) is 0 Å². The van der Waals surface area contributed by atoms with Gasteiger partial charge in [0.15, 0.2) is 0 Å². The Balaban J connectivity index is 1.90. The molecule has 0 aromatic heterocycles. The summed E-state index contributed by atoms with van der Waals surface area (Å²) < 4.78 is 5.50. The normalized spacial score (nSPS) is 22.9. The molecule has 0 aromatic rings. The van der Waals surface area contributed by atoms with Crippen LogP contribution in [-0.4, -0.2) is 50.8 Å². The highest BCUT2D eigenvalue weighted by atomic mass is 16.5. The molecule has 1 atom stereocenters. The van der Waals surface area contributed by atoms with Crippen LogP contribution in [-0.2, 0) is 4.74 Å². The summed E-state index contributed by atoms with van der Waals surface area (Å²) in [5, 5.41) is 3.54. The number of nitrogens with one attached hydrogen (secondary N) is 1. The second-order valence-electron chi connectivity index (χ2n) is 5.25. The van der Waals surface area contributed by atoms with E-state index in [1.807, 2.05) is 0 Å². The molecule has 0 spiro atoms. The Morgan fingerprint density at radius 1 is 1.44 bits per heavy atom. The monoisotopic (exact) mass is 228 g/mol. The van der Waals surface area contributed by atoms with E-state index in [2.05, 4.69) is 31.1 Å². The summed E-state index contributed by atoms with van der Waals surface area (Å²) in [6, 6.07) is 0. The molecular weight excluding hydrogens is 200 g/mol. The second-order valence-corrected chi connectivity index (χ2v) is 5.25. The van der Waals surface area contributed by atoms with Crippen molar-refractivity contribution in [2.75, 3.05) is 39.8 Å². The molecule has 0 radical (unpaired) electrons. The Morgan fingerprint density at radius 3 is 2.94 bits per heavy atom. The lowest BCUT2D eigenvalue weighted by atomic mass is 9.98. The van der Waals surface area contributed by atoms with E-state index >= 15 is 0 Å². The molecular formula is C13H28N2O.